The standard InChI is InChI=1S/C15H20BrF3N4/c1-20-15(21-9-14(18)19)23-6-4-22(5-7-23)10-11-2-3-12(16)13(17)8-11/h2-3,8,14H,4-7,9-10H2,1H3,(H,20,21). The normalized spacial score (nSPS) is 17.0. The van der Waals surface area contributed by atoms with Crippen LogP contribution in [0.3, 0.4) is 0 Å². The van der Waals surface area contributed by atoms with E-state index in [0.29, 0.717) is 30.1 Å². The first-order valence-electron chi connectivity index (χ1n) is 7.39. The second kappa shape index (κ2) is 8.54. The van der Waals surface area contributed by atoms with Gasteiger partial charge in [-0.05, 0) is 33.6 Å². The number of hydrogen-bond donors (Lipinski definition) is 1. The number of aliphatic imine (C=N–C) groups is 1. The van der Waals surface area contributed by atoms with E-state index in [1.807, 2.05) is 11.0 Å². The molecular weight excluding hydrogens is 373 g/mol. The molecule has 1 aliphatic rings. The van der Waals surface area contributed by atoms with Gasteiger partial charge in [0.15, 0.2) is 5.96 Å². The van der Waals surface area contributed by atoms with Gasteiger partial charge in [-0.1, -0.05) is 6.07 Å². The van der Waals surface area contributed by atoms with Crippen molar-refractivity contribution in [2.75, 3.05) is 39.8 Å². The molecule has 1 heterocycles. The fourth-order valence-electron chi connectivity index (χ4n) is 2.51. The first-order chi connectivity index (χ1) is 11.0. The van der Waals surface area contributed by atoms with E-state index in [4.69, 9.17) is 0 Å². The second-order valence-electron chi connectivity index (χ2n) is 5.33. The van der Waals surface area contributed by atoms with E-state index in [9.17, 15) is 13.2 Å². The molecule has 23 heavy (non-hydrogen) atoms. The van der Waals surface area contributed by atoms with E-state index in [2.05, 4.69) is 31.1 Å². The van der Waals surface area contributed by atoms with Gasteiger partial charge < -0.3 is 10.2 Å². The van der Waals surface area contributed by atoms with E-state index in [1.165, 1.54) is 6.07 Å². The molecule has 1 aromatic carbocycles. The van der Waals surface area contributed by atoms with Gasteiger partial charge in [0.2, 0.25) is 0 Å². The van der Waals surface area contributed by atoms with Crippen molar-refractivity contribution in [3.05, 3.63) is 34.1 Å². The van der Waals surface area contributed by atoms with E-state index in [-0.39, 0.29) is 5.82 Å². The third-order valence-electron chi connectivity index (χ3n) is 3.69. The number of nitrogens with one attached hydrogen (secondary N) is 1. The third kappa shape index (κ3) is 5.39. The van der Waals surface area contributed by atoms with Crippen LogP contribution in [-0.4, -0.2) is 62.0 Å². The molecule has 1 saturated heterocycles. The Morgan fingerprint density at radius 2 is 2.00 bits per heavy atom. The molecule has 0 aromatic heterocycles. The Balaban J connectivity index is 1.84. The average molecular weight is 393 g/mol. The average Bonchev–Trinajstić information content (AvgIpc) is 2.53. The Kier molecular flexibility index (Phi) is 6.71. The highest BCUT2D eigenvalue weighted by molar-refractivity contribution is 9.10. The van der Waals surface area contributed by atoms with Gasteiger partial charge in [-0.2, -0.15) is 0 Å². The maximum atomic E-state index is 13.5. The van der Waals surface area contributed by atoms with Gasteiger partial charge in [0.05, 0.1) is 11.0 Å². The smallest absolute Gasteiger partial charge is 0.255 e. The molecule has 1 N–H and O–H groups in total. The molecule has 0 amide bonds. The predicted molar refractivity (Wildman–Crippen MR) is 88.3 cm³/mol. The minimum absolute atomic E-state index is 0.266. The molecule has 0 aliphatic carbocycles. The molecule has 8 heteroatoms. The summed E-state index contributed by atoms with van der Waals surface area (Å²) < 4.78 is 38.6. The van der Waals surface area contributed by atoms with Crippen molar-refractivity contribution in [3.8, 4) is 0 Å². The van der Waals surface area contributed by atoms with Gasteiger partial charge in [0.25, 0.3) is 6.43 Å². The van der Waals surface area contributed by atoms with Crippen LogP contribution in [0, 0.1) is 5.82 Å². The van der Waals surface area contributed by atoms with Crippen LogP contribution in [0.5, 0.6) is 0 Å². The van der Waals surface area contributed by atoms with Gasteiger partial charge in [-0.25, -0.2) is 13.2 Å². The maximum Gasteiger partial charge on any atom is 0.255 e. The van der Waals surface area contributed by atoms with Crippen molar-refractivity contribution >= 4 is 21.9 Å². The fraction of sp³-hybridized carbons (Fsp3) is 0.533. The van der Waals surface area contributed by atoms with E-state index < -0.39 is 13.0 Å². The zero-order chi connectivity index (χ0) is 16.8. The third-order valence-corrected chi connectivity index (χ3v) is 4.33. The molecule has 1 aliphatic heterocycles. The zero-order valence-corrected chi connectivity index (χ0v) is 14.5. The highest BCUT2D eigenvalue weighted by Gasteiger charge is 2.20. The molecule has 2 rings (SSSR count). The monoisotopic (exact) mass is 392 g/mol. The molecule has 0 unspecified atom stereocenters. The summed E-state index contributed by atoms with van der Waals surface area (Å²) in [5.41, 5.74) is 0.916. The van der Waals surface area contributed by atoms with Crippen molar-refractivity contribution < 1.29 is 13.2 Å². The van der Waals surface area contributed by atoms with Crippen LogP contribution in [0.1, 0.15) is 5.56 Å². The largest absolute Gasteiger partial charge is 0.351 e. The lowest BCUT2D eigenvalue weighted by Crippen LogP contribution is -2.52. The van der Waals surface area contributed by atoms with Gasteiger partial charge in [0, 0.05) is 39.8 Å². The van der Waals surface area contributed by atoms with Crippen LogP contribution in [0.25, 0.3) is 0 Å². The number of hydrogen-bond acceptors (Lipinski definition) is 2. The summed E-state index contributed by atoms with van der Waals surface area (Å²) in [6.07, 6.45) is -2.40. The zero-order valence-electron chi connectivity index (χ0n) is 12.9. The van der Waals surface area contributed by atoms with Crippen molar-refractivity contribution in [2.24, 2.45) is 4.99 Å². The molecule has 0 atom stereocenters. The molecule has 1 aromatic rings. The molecule has 1 fully saturated rings. The van der Waals surface area contributed by atoms with Crippen molar-refractivity contribution in [3.63, 3.8) is 0 Å². The summed E-state index contributed by atoms with van der Waals surface area (Å²) in [7, 11) is 1.59. The van der Waals surface area contributed by atoms with Gasteiger partial charge in [-0.15, -0.1) is 0 Å². The van der Waals surface area contributed by atoms with E-state index >= 15 is 0 Å². The first kappa shape index (κ1) is 18.1. The lowest BCUT2D eigenvalue weighted by atomic mass is 10.2. The predicted octanol–water partition coefficient (Wildman–Crippen LogP) is 2.55. The summed E-state index contributed by atoms with van der Waals surface area (Å²) in [6.45, 7) is 3.20. The number of rotatable bonds is 4. The van der Waals surface area contributed by atoms with Crippen molar-refractivity contribution in [2.45, 2.75) is 13.0 Å². The molecule has 0 radical (unpaired) electrons. The lowest BCUT2D eigenvalue weighted by molar-refractivity contribution is 0.146. The highest BCUT2D eigenvalue weighted by atomic mass is 79.9. The first-order valence-corrected chi connectivity index (χ1v) is 8.19. The summed E-state index contributed by atoms with van der Waals surface area (Å²) in [5, 5.41) is 2.67. The van der Waals surface area contributed by atoms with Crippen LogP contribution in [0.2, 0.25) is 0 Å². The number of guanidine groups is 1. The topological polar surface area (TPSA) is 30.9 Å². The Labute approximate surface area is 142 Å². The summed E-state index contributed by atoms with van der Waals surface area (Å²) in [5.74, 6) is 0.234. The molecule has 0 saturated carbocycles. The SMILES string of the molecule is CN=C(NCC(F)F)N1CCN(Cc2ccc(Br)c(F)c2)CC1. The minimum atomic E-state index is -2.40. The van der Waals surface area contributed by atoms with E-state index in [1.54, 1.807) is 13.1 Å². The van der Waals surface area contributed by atoms with Crippen molar-refractivity contribution in [1.82, 2.24) is 15.1 Å². The molecule has 0 bridgehead atoms. The fourth-order valence-corrected chi connectivity index (χ4v) is 2.76. The number of nitrogens with zero attached hydrogens (tertiary/aromatic N) is 3. The van der Waals surface area contributed by atoms with Gasteiger partial charge >= 0.3 is 0 Å². The molecular formula is C15H20BrF3N4. The Hall–Kier alpha value is -1.28. The molecule has 0 spiro atoms. The molecule has 4 nitrogen and oxygen atoms in total. The van der Waals surface area contributed by atoms with Crippen molar-refractivity contribution in [1.29, 1.82) is 0 Å². The Morgan fingerprint density at radius 3 is 2.57 bits per heavy atom. The van der Waals surface area contributed by atoms with Crippen LogP contribution in [-0.2, 0) is 6.54 Å². The Bertz CT molecular complexity index is 546. The van der Waals surface area contributed by atoms with Gasteiger partial charge in [-0.3, -0.25) is 9.89 Å². The lowest BCUT2D eigenvalue weighted by Gasteiger charge is -2.36. The van der Waals surface area contributed by atoms with E-state index in [0.717, 1.165) is 18.7 Å². The number of alkyl halides is 2. The second-order valence-corrected chi connectivity index (χ2v) is 6.19. The Morgan fingerprint density at radius 1 is 1.30 bits per heavy atom. The summed E-state index contributed by atoms with van der Waals surface area (Å²) in [4.78, 5) is 8.21. The number of halogens is 4. The van der Waals surface area contributed by atoms with Crippen LogP contribution >= 0.6 is 15.9 Å². The van der Waals surface area contributed by atoms with Crippen LogP contribution in [0.15, 0.2) is 27.7 Å². The summed E-state index contributed by atoms with van der Waals surface area (Å²) >= 11 is 3.14. The quantitative estimate of drug-likeness (QED) is 0.630. The number of benzene rings is 1. The minimum Gasteiger partial charge on any atom is -0.351 e. The van der Waals surface area contributed by atoms with Gasteiger partial charge in [0.1, 0.15) is 5.82 Å². The van der Waals surface area contributed by atoms with Crippen LogP contribution < -0.4 is 5.32 Å². The highest BCUT2D eigenvalue weighted by Crippen LogP contribution is 2.18. The van der Waals surface area contributed by atoms with Crippen LogP contribution in [0.4, 0.5) is 13.2 Å². The molecule has 128 valence electrons. The summed E-state index contributed by atoms with van der Waals surface area (Å²) in [6, 6.07) is 5.12. The number of piperazine rings is 1. The maximum absolute atomic E-state index is 13.5.